The monoisotopic (exact) mass is 254 g/mol. The molecule has 18 heavy (non-hydrogen) atoms. The van der Waals surface area contributed by atoms with Crippen molar-refractivity contribution in [3.8, 4) is 5.75 Å². The predicted octanol–water partition coefficient (Wildman–Crippen LogP) is 2.21. The Morgan fingerprint density at radius 1 is 1.39 bits per heavy atom. The van der Waals surface area contributed by atoms with Gasteiger partial charge in [-0.1, -0.05) is 13.8 Å². The quantitative estimate of drug-likeness (QED) is 0.700. The topological polar surface area (TPSA) is 53.4 Å². The lowest BCUT2D eigenvalue weighted by atomic mass is 9.89. The Labute approximate surface area is 108 Å². The van der Waals surface area contributed by atoms with Crippen molar-refractivity contribution in [3.05, 3.63) is 11.9 Å². The minimum atomic E-state index is -0.782. The maximum Gasteiger partial charge on any atom is 0.216 e. The predicted molar refractivity (Wildman–Crippen MR) is 69.0 cm³/mol. The third-order valence-electron chi connectivity index (χ3n) is 3.32. The Balaban J connectivity index is 3.21. The van der Waals surface area contributed by atoms with E-state index in [0.29, 0.717) is 30.9 Å². The highest BCUT2D eigenvalue weighted by molar-refractivity contribution is 6.03. The lowest BCUT2D eigenvalue weighted by Gasteiger charge is -2.29. The number of aromatic nitrogens is 2. The van der Waals surface area contributed by atoms with Gasteiger partial charge in [0.2, 0.25) is 5.78 Å². The fourth-order valence-corrected chi connectivity index (χ4v) is 2.16. The summed E-state index contributed by atoms with van der Waals surface area (Å²) in [7, 11) is 3.27. The number of carbonyl (C=O) groups excluding carboxylic acids is 1. The van der Waals surface area contributed by atoms with Gasteiger partial charge in [-0.25, -0.2) is 0 Å². The van der Waals surface area contributed by atoms with Crippen LogP contribution in [0.4, 0.5) is 0 Å². The van der Waals surface area contributed by atoms with E-state index >= 15 is 0 Å². The van der Waals surface area contributed by atoms with E-state index in [1.807, 2.05) is 20.8 Å². The van der Waals surface area contributed by atoms with Crippen LogP contribution in [-0.2, 0) is 11.8 Å². The lowest BCUT2D eigenvalue weighted by Crippen LogP contribution is -2.41. The number of ketones is 1. The van der Waals surface area contributed by atoms with Crippen molar-refractivity contribution in [1.29, 1.82) is 0 Å². The van der Waals surface area contributed by atoms with E-state index in [0.717, 1.165) is 0 Å². The van der Waals surface area contributed by atoms with Crippen molar-refractivity contribution in [2.75, 3.05) is 13.7 Å². The highest BCUT2D eigenvalue weighted by Crippen LogP contribution is 2.29. The van der Waals surface area contributed by atoms with E-state index in [2.05, 4.69) is 5.10 Å². The highest BCUT2D eigenvalue weighted by Gasteiger charge is 2.39. The van der Waals surface area contributed by atoms with Gasteiger partial charge in [-0.15, -0.1) is 0 Å². The summed E-state index contributed by atoms with van der Waals surface area (Å²) in [6, 6.07) is 0. The molecule has 1 rings (SSSR count). The van der Waals surface area contributed by atoms with Crippen LogP contribution in [0.2, 0.25) is 0 Å². The molecule has 102 valence electrons. The van der Waals surface area contributed by atoms with E-state index in [-0.39, 0.29) is 5.78 Å². The summed E-state index contributed by atoms with van der Waals surface area (Å²) < 4.78 is 12.5. The number of rotatable bonds is 7. The van der Waals surface area contributed by atoms with Gasteiger partial charge in [0.05, 0.1) is 13.3 Å². The third kappa shape index (κ3) is 2.41. The van der Waals surface area contributed by atoms with Gasteiger partial charge >= 0.3 is 0 Å². The maximum absolute atomic E-state index is 12.7. The average Bonchev–Trinajstić information content (AvgIpc) is 2.76. The molecule has 1 aromatic rings. The van der Waals surface area contributed by atoms with E-state index < -0.39 is 5.60 Å². The van der Waals surface area contributed by atoms with Crippen LogP contribution in [0.15, 0.2) is 6.20 Å². The molecule has 1 heterocycles. The van der Waals surface area contributed by atoms with Crippen LogP contribution in [0.1, 0.15) is 44.1 Å². The largest absolute Gasteiger partial charge is 0.493 e. The van der Waals surface area contributed by atoms with Crippen molar-refractivity contribution < 1.29 is 14.3 Å². The summed E-state index contributed by atoms with van der Waals surface area (Å²) in [4.78, 5) is 12.7. The molecule has 5 nitrogen and oxygen atoms in total. The molecule has 0 unspecified atom stereocenters. The van der Waals surface area contributed by atoms with Crippen molar-refractivity contribution in [3.63, 3.8) is 0 Å². The van der Waals surface area contributed by atoms with E-state index in [1.165, 1.54) is 7.11 Å². The first-order valence-corrected chi connectivity index (χ1v) is 6.31. The molecule has 0 radical (unpaired) electrons. The first kappa shape index (κ1) is 14.7. The fourth-order valence-electron chi connectivity index (χ4n) is 2.16. The van der Waals surface area contributed by atoms with Gasteiger partial charge in [0.25, 0.3) is 0 Å². The van der Waals surface area contributed by atoms with Crippen molar-refractivity contribution >= 4 is 5.78 Å². The zero-order valence-corrected chi connectivity index (χ0v) is 11.8. The van der Waals surface area contributed by atoms with Crippen molar-refractivity contribution in [2.45, 2.75) is 39.2 Å². The van der Waals surface area contributed by atoms with Gasteiger partial charge in [-0.05, 0) is 19.8 Å². The van der Waals surface area contributed by atoms with Gasteiger partial charge in [0.15, 0.2) is 5.75 Å². The first-order chi connectivity index (χ1) is 8.56. The zero-order valence-electron chi connectivity index (χ0n) is 11.8. The second-order valence-corrected chi connectivity index (χ2v) is 4.15. The summed E-state index contributed by atoms with van der Waals surface area (Å²) in [5.41, 5.74) is -0.315. The van der Waals surface area contributed by atoms with Crippen LogP contribution in [0, 0.1) is 0 Å². The molecule has 0 saturated carbocycles. The van der Waals surface area contributed by atoms with E-state index in [9.17, 15) is 4.79 Å². The van der Waals surface area contributed by atoms with Gasteiger partial charge in [-0.2, -0.15) is 5.10 Å². The number of aryl methyl sites for hydroxylation is 1. The highest BCUT2D eigenvalue weighted by atomic mass is 16.5. The maximum atomic E-state index is 12.7. The van der Waals surface area contributed by atoms with Crippen molar-refractivity contribution in [1.82, 2.24) is 9.78 Å². The number of Topliss-reactive ketones (excluding diaryl/α,β-unsaturated/α-hetero) is 1. The molecule has 0 N–H and O–H groups in total. The van der Waals surface area contributed by atoms with Gasteiger partial charge in [0, 0.05) is 13.7 Å². The van der Waals surface area contributed by atoms with Crippen LogP contribution in [-0.4, -0.2) is 34.9 Å². The molecule has 0 bridgehead atoms. The third-order valence-corrected chi connectivity index (χ3v) is 3.32. The fraction of sp³-hybridized carbons (Fsp3) is 0.692. The summed E-state index contributed by atoms with van der Waals surface area (Å²) in [5.74, 6) is 0.430. The molecule has 0 aromatic carbocycles. The molecule has 0 atom stereocenters. The molecule has 0 aliphatic heterocycles. The molecule has 0 aliphatic carbocycles. The van der Waals surface area contributed by atoms with Crippen LogP contribution < -0.4 is 4.74 Å². The Morgan fingerprint density at radius 3 is 2.44 bits per heavy atom. The summed E-state index contributed by atoms with van der Waals surface area (Å²) in [6.07, 6.45) is 2.81. The molecular weight excluding hydrogens is 232 g/mol. The van der Waals surface area contributed by atoms with Gasteiger partial charge < -0.3 is 9.47 Å². The SMILES string of the molecule is CCOC(CC)(CC)C(=O)c1c(OC)cnn1C. The molecule has 0 saturated heterocycles. The molecule has 5 heteroatoms. The number of ether oxygens (including phenoxy) is 2. The average molecular weight is 254 g/mol. The van der Waals surface area contributed by atoms with Crippen LogP contribution in [0.25, 0.3) is 0 Å². The number of carbonyl (C=O) groups is 1. The second kappa shape index (κ2) is 6.00. The second-order valence-electron chi connectivity index (χ2n) is 4.15. The number of hydrogen-bond acceptors (Lipinski definition) is 4. The normalized spacial score (nSPS) is 11.6. The Kier molecular flexibility index (Phi) is 4.90. The molecule has 1 aromatic heterocycles. The summed E-state index contributed by atoms with van der Waals surface area (Å²) in [6.45, 7) is 6.32. The van der Waals surface area contributed by atoms with Gasteiger partial charge in [0.1, 0.15) is 11.3 Å². The standard InChI is InChI=1S/C13H22N2O3/c1-6-13(7-2,18-8-3)12(16)11-10(17-5)9-14-15(11)4/h9H,6-8H2,1-5H3. The molecule has 0 aliphatic rings. The Morgan fingerprint density at radius 2 is 2.00 bits per heavy atom. The van der Waals surface area contributed by atoms with Crippen LogP contribution in [0.3, 0.4) is 0 Å². The van der Waals surface area contributed by atoms with Gasteiger partial charge in [-0.3, -0.25) is 9.48 Å². The smallest absolute Gasteiger partial charge is 0.216 e. The van der Waals surface area contributed by atoms with Crippen LogP contribution >= 0.6 is 0 Å². The summed E-state index contributed by atoms with van der Waals surface area (Å²) in [5, 5.41) is 4.07. The number of methoxy groups -OCH3 is 1. The van der Waals surface area contributed by atoms with Crippen molar-refractivity contribution in [2.24, 2.45) is 7.05 Å². The number of hydrogen-bond donors (Lipinski definition) is 0. The Hall–Kier alpha value is -1.36. The summed E-state index contributed by atoms with van der Waals surface area (Å²) >= 11 is 0. The first-order valence-electron chi connectivity index (χ1n) is 6.31. The van der Waals surface area contributed by atoms with E-state index in [4.69, 9.17) is 9.47 Å². The van der Waals surface area contributed by atoms with E-state index in [1.54, 1.807) is 17.9 Å². The number of nitrogens with zero attached hydrogens (tertiary/aromatic N) is 2. The Bertz CT molecular complexity index is 408. The lowest BCUT2D eigenvalue weighted by molar-refractivity contribution is -0.0258. The molecular formula is C13H22N2O3. The minimum Gasteiger partial charge on any atom is -0.493 e. The van der Waals surface area contributed by atoms with Crippen LogP contribution in [0.5, 0.6) is 5.75 Å². The molecule has 0 spiro atoms. The zero-order chi connectivity index (χ0) is 13.8. The molecule has 0 amide bonds. The molecule has 0 fully saturated rings. The minimum absolute atomic E-state index is 0.0637.